The van der Waals surface area contributed by atoms with Crippen LogP contribution in [-0.2, 0) is 11.2 Å². The van der Waals surface area contributed by atoms with E-state index in [2.05, 4.69) is 5.32 Å². The largest absolute Gasteiger partial charge is 0.497 e. The Kier molecular flexibility index (Phi) is 8.19. The normalized spacial score (nSPS) is 9.29. The number of ether oxygens (including phenoxy) is 1. The Labute approximate surface area is 108 Å². The van der Waals surface area contributed by atoms with Crippen molar-refractivity contribution in [3.05, 3.63) is 29.8 Å². The van der Waals surface area contributed by atoms with Crippen LogP contribution in [0.3, 0.4) is 0 Å². The maximum Gasteiger partial charge on any atom is 0.221 e. The zero-order valence-electron chi connectivity index (χ0n) is 9.94. The van der Waals surface area contributed by atoms with Gasteiger partial charge in [-0.25, -0.2) is 0 Å². The summed E-state index contributed by atoms with van der Waals surface area (Å²) in [6.45, 7) is 1.02. The van der Waals surface area contributed by atoms with Crippen molar-refractivity contribution in [1.82, 2.24) is 5.32 Å². The van der Waals surface area contributed by atoms with Gasteiger partial charge >= 0.3 is 0 Å². The number of methoxy groups -OCH3 is 1. The summed E-state index contributed by atoms with van der Waals surface area (Å²) < 4.78 is 5.12. The smallest absolute Gasteiger partial charge is 0.221 e. The van der Waals surface area contributed by atoms with Gasteiger partial charge in [0.05, 0.1) is 7.11 Å². The fourth-order valence-electron chi connectivity index (χ4n) is 1.39. The molecule has 96 valence electrons. The highest BCUT2D eigenvalue weighted by Crippen LogP contribution is 2.12. The van der Waals surface area contributed by atoms with Crippen molar-refractivity contribution in [2.75, 3.05) is 20.2 Å². The first kappa shape index (κ1) is 15.7. The summed E-state index contributed by atoms with van der Waals surface area (Å²) in [5, 5.41) is 2.81. The van der Waals surface area contributed by atoms with Gasteiger partial charge in [0.15, 0.2) is 0 Å². The molecule has 3 N–H and O–H groups in total. The van der Waals surface area contributed by atoms with Crippen molar-refractivity contribution in [1.29, 1.82) is 0 Å². The minimum absolute atomic E-state index is 0. The molecule has 1 aromatic carbocycles. The van der Waals surface area contributed by atoms with Gasteiger partial charge < -0.3 is 15.8 Å². The number of hydrogen-bond acceptors (Lipinski definition) is 3. The van der Waals surface area contributed by atoms with Gasteiger partial charge in [-0.1, -0.05) is 12.1 Å². The molecule has 0 aliphatic heterocycles. The van der Waals surface area contributed by atoms with Crippen molar-refractivity contribution >= 4 is 18.3 Å². The predicted molar refractivity (Wildman–Crippen MR) is 70.6 cm³/mol. The van der Waals surface area contributed by atoms with E-state index in [0.29, 0.717) is 19.5 Å². The second kappa shape index (κ2) is 8.84. The number of carbonyl (C=O) groups is 1. The SMILES string of the molecule is COc1cccc(CCNC(=O)CCN)c1.Cl. The van der Waals surface area contributed by atoms with Gasteiger partial charge in [-0.2, -0.15) is 0 Å². The molecule has 0 saturated heterocycles. The topological polar surface area (TPSA) is 64.3 Å². The van der Waals surface area contributed by atoms with Crippen LogP contribution in [0.4, 0.5) is 0 Å². The summed E-state index contributed by atoms with van der Waals surface area (Å²) in [4.78, 5) is 11.1. The molecule has 17 heavy (non-hydrogen) atoms. The highest BCUT2D eigenvalue weighted by atomic mass is 35.5. The quantitative estimate of drug-likeness (QED) is 0.804. The fourth-order valence-corrected chi connectivity index (χ4v) is 1.39. The third kappa shape index (κ3) is 6.14. The van der Waals surface area contributed by atoms with E-state index in [1.54, 1.807) is 7.11 Å². The molecule has 1 amide bonds. The van der Waals surface area contributed by atoms with Crippen LogP contribution in [0.2, 0.25) is 0 Å². The molecule has 0 unspecified atom stereocenters. The lowest BCUT2D eigenvalue weighted by molar-refractivity contribution is -0.120. The molecule has 0 bridgehead atoms. The third-order valence-electron chi connectivity index (χ3n) is 2.24. The third-order valence-corrected chi connectivity index (χ3v) is 2.24. The molecule has 5 heteroatoms. The van der Waals surface area contributed by atoms with E-state index >= 15 is 0 Å². The molecule has 0 atom stereocenters. The van der Waals surface area contributed by atoms with Crippen LogP contribution in [0.1, 0.15) is 12.0 Å². The molecule has 1 aromatic rings. The van der Waals surface area contributed by atoms with Gasteiger partial charge in [-0.05, 0) is 24.1 Å². The van der Waals surface area contributed by atoms with Crippen LogP contribution >= 0.6 is 12.4 Å². The number of carbonyl (C=O) groups excluding carboxylic acids is 1. The van der Waals surface area contributed by atoms with Gasteiger partial charge in [0, 0.05) is 19.5 Å². The van der Waals surface area contributed by atoms with E-state index in [1.165, 1.54) is 0 Å². The number of halogens is 1. The van der Waals surface area contributed by atoms with Crippen LogP contribution in [0.25, 0.3) is 0 Å². The summed E-state index contributed by atoms with van der Waals surface area (Å²) in [6, 6.07) is 7.82. The van der Waals surface area contributed by atoms with E-state index in [-0.39, 0.29) is 18.3 Å². The molecule has 0 heterocycles. The fraction of sp³-hybridized carbons (Fsp3) is 0.417. The van der Waals surface area contributed by atoms with Gasteiger partial charge in [0.25, 0.3) is 0 Å². The monoisotopic (exact) mass is 258 g/mol. The molecule has 4 nitrogen and oxygen atoms in total. The minimum atomic E-state index is 0. The average Bonchev–Trinajstić information content (AvgIpc) is 2.30. The standard InChI is InChI=1S/C12H18N2O2.ClH/c1-16-11-4-2-3-10(9-11)6-8-14-12(15)5-7-13;/h2-4,9H,5-8,13H2,1H3,(H,14,15);1H. The Morgan fingerprint density at radius 2 is 2.24 bits per heavy atom. The lowest BCUT2D eigenvalue weighted by Crippen LogP contribution is -2.27. The predicted octanol–water partition coefficient (Wildman–Crippen LogP) is 1.12. The van der Waals surface area contributed by atoms with Crippen molar-refractivity contribution in [3.8, 4) is 5.75 Å². The summed E-state index contributed by atoms with van der Waals surface area (Å²) in [5.74, 6) is 0.844. The molecule has 0 fully saturated rings. The van der Waals surface area contributed by atoms with E-state index in [1.807, 2.05) is 24.3 Å². The molecule has 1 rings (SSSR count). The number of nitrogens with two attached hydrogens (primary N) is 1. The highest BCUT2D eigenvalue weighted by Gasteiger charge is 1.99. The van der Waals surface area contributed by atoms with Crippen molar-refractivity contribution in [3.63, 3.8) is 0 Å². The van der Waals surface area contributed by atoms with Crippen LogP contribution in [0.5, 0.6) is 5.75 Å². The molecule has 0 radical (unpaired) electrons. The molecule has 0 spiro atoms. The second-order valence-corrected chi connectivity index (χ2v) is 3.49. The molecule has 0 saturated carbocycles. The van der Waals surface area contributed by atoms with E-state index in [0.717, 1.165) is 17.7 Å². The number of hydrogen-bond donors (Lipinski definition) is 2. The first-order valence-electron chi connectivity index (χ1n) is 5.36. The zero-order chi connectivity index (χ0) is 11.8. The average molecular weight is 259 g/mol. The number of nitrogens with one attached hydrogen (secondary N) is 1. The first-order chi connectivity index (χ1) is 7.76. The van der Waals surface area contributed by atoms with Crippen molar-refractivity contribution in [2.24, 2.45) is 5.73 Å². The van der Waals surface area contributed by atoms with Gasteiger partial charge in [-0.15, -0.1) is 12.4 Å². The van der Waals surface area contributed by atoms with Crippen LogP contribution in [-0.4, -0.2) is 26.1 Å². The number of amides is 1. The lowest BCUT2D eigenvalue weighted by atomic mass is 10.1. The second-order valence-electron chi connectivity index (χ2n) is 3.49. The Morgan fingerprint density at radius 1 is 1.47 bits per heavy atom. The van der Waals surface area contributed by atoms with Crippen LogP contribution in [0, 0.1) is 0 Å². The Morgan fingerprint density at radius 3 is 2.88 bits per heavy atom. The van der Waals surface area contributed by atoms with Crippen LogP contribution < -0.4 is 15.8 Å². The maximum absolute atomic E-state index is 11.1. The van der Waals surface area contributed by atoms with E-state index < -0.39 is 0 Å². The molecule has 0 aliphatic rings. The molecule has 0 aromatic heterocycles. The summed E-state index contributed by atoms with van der Waals surface area (Å²) in [7, 11) is 1.64. The number of benzene rings is 1. The Bertz CT molecular complexity index is 345. The molecular formula is C12H19ClN2O2. The van der Waals surface area contributed by atoms with Gasteiger partial charge in [-0.3, -0.25) is 4.79 Å². The van der Waals surface area contributed by atoms with Crippen molar-refractivity contribution < 1.29 is 9.53 Å². The van der Waals surface area contributed by atoms with E-state index in [9.17, 15) is 4.79 Å². The molecule has 0 aliphatic carbocycles. The summed E-state index contributed by atoms with van der Waals surface area (Å²) >= 11 is 0. The Balaban J connectivity index is 0.00000256. The van der Waals surface area contributed by atoms with E-state index in [4.69, 9.17) is 10.5 Å². The highest BCUT2D eigenvalue weighted by molar-refractivity contribution is 5.85. The first-order valence-corrected chi connectivity index (χ1v) is 5.36. The van der Waals surface area contributed by atoms with Crippen LogP contribution in [0.15, 0.2) is 24.3 Å². The summed E-state index contributed by atoms with van der Waals surface area (Å²) in [6.07, 6.45) is 1.19. The van der Waals surface area contributed by atoms with Gasteiger partial charge in [0.1, 0.15) is 5.75 Å². The van der Waals surface area contributed by atoms with Crippen molar-refractivity contribution in [2.45, 2.75) is 12.8 Å². The lowest BCUT2D eigenvalue weighted by Gasteiger charge is -2.06. The number of rotatable bonds is 6. The summed E-state index contributed by atoms with van der Waals surface area (Å²) in [5.41, 5.74) is 6.42. The van der Waals surface area contributed by atoms with Gasteiger partial charge in [0.2, 0.25) is 5.91 Å². The molecular weight excluding hydrogens is 240 g/mol. The maximum atomic E-state index is 11.1. The minimum Gasteiger partial charge on any atom is -0.497 e. The zero-order valence-corrected chi connectivity index (χ0v) is 10.8. The Hall–Kier alpha value is -1.26.